The zero-order valence-electron chi connectivity index (χ0n) is 12.7. The Kier molecular flexibility index (Phi) is 4.85. The lowest BCUT2D eigenvalue weighted by Crippen LogP contribution is -2.03. The van der Waals surface area contributed by atoms with Gasteiger partial charge in [-0.05, 0) is 43.1 Å². The van der Waals surface area contributed by atoms with E-state index in [9.17, 15) is 0 Å². The quantitative estimate of drug-likeness (QED) is 0.863. The van der Waals surface area contributed by atoms with E-state index in [2.05, 4.69) is 44.3 Å². The SMILES string of the molecule is CNCc1coc(COc2cc(C)ccc2C(C)C)c1. The molecule has 20 heavy (non-hydrogen) atoms. The predicted molar refractivity (Wildman–Crippen MR) is 81.1 cm³/mol. The van der Waals surface area contributed by atoms with Gasteiger partial charge < -0.3 is 14.5 Å². The Bertz CT molecular complexity index is 558. The Balaban J connectivity index is 2.07. The zero-order chi connectivity index (χ0) is 14.5. The molecule has 1 aromatic heterocycles. The molecule has 1 aromatic carbocycles. The van der Waals surface area contributed by atoms with Gasteiger partial charge in [0.25, 0.3) is 0 Å². The van der Waals surface area contributed by atoms with Gasteiger partial charge in [-0.2, -0.15) is 0 Å². The number of ether oxygens (including phenoxy) is 1. The molecule has 0 spiro atoms. The van der Waals surface area contributed by atoms with Crippen molar-refractivity contribution < 1.29 is 9.15 Å². The summed E-state index contributed by atoms with van der Waals surface area (Å²) in [5.74, 6) is 2.25. The number of benzene rings is 1. The Morgan fingerprint density at radius 1 is 1.25 bits per heavy atom. The van der Waals surface area contributed by atoms with Gasteiger partial charge in [0, 0.05) is 12.1 Å². The second-order valence-corrected chi connectivity index (χ2v) is 5.44. The van der Waals surface area contributed by atoms with Crippen LogP contribution in [0.2, 0.25) is 0 Å². The van der Waals surface area contributed by atoms with Crippen LogP contribution < -0.4 is 10.1 Å². The van der Waals surface area contributed by atoms with Crippen molar-refractivity contribution in [2.75, 3.05) is 7.05 Å². The third kappa shape index (κ3) is 3.64. The molecule has 108 valence electrons. The molecule has 1 heterocycles. The van der Waals surface area contributed by atoms with Crippen LogP contribution in [0.5, 0.6) is 5.75 Å². The average molecular weight is 273 g/mol. The molecule has 0 amide bonds. The molecule has 0 aliphatic carbocycles. The summed E-state index contributed by atoms with van der Waals surface area (Å²) < 4.78 is 11.4. The Hall–Kier alpha value is -1.74. The number of hydrogen-bond donors (Lipinski definition) is 1. The van der Waals surface area contributed by atoms with Crippen LogP contribution in [0.25, 0.3) is 0 Å². The first-order valence-electron chi connectivity index (χ1n) is 7.04. The summed E-state index contributed by atoms with van der Waals surface area (Å²) >= 11 is 0. The fourth-order valence-electron chi connectivity index (χ4n) is 2.19. The number of rotatable bonds is 6. The molecule has 0 atom stereocenters. The Morgan fingerprint density at radius 2 is 2.05 bits per heavy atom. The number of hydrogen-bond acceptors (Lipinski definition) is 3. The molecule has 3 heteroatoms. The smallest absolute Gasteiger partial charge is 0.146 e. The van der Waals surface area contributed by atoms with Crippen molar-refractivity contribution in [2.45, 2.75) is 39.8 Å². The molecule has 3 nitrogen and oxygen atoms in total. The standard InChI is InChI=1S/C17H23NO2/c1-12(2)16-6-5-13(3)7-17(16)20-11-15-8-14(9-18-4)10-19-15/h5-8,10,12,18H,9,11H2,1-4H3. The maximum atomic E-state index is 5.94. The fraction of sp³-hybridized carbons (Fsp3) is 0.412. The number of aryl methyl sites for hydroxylation is 1. The topological polar surface area (TPSA) is 34.4 Å². The molecule has 0 bridgehead atoms. The summed E-state index contributed by atoms with van der Waals surface area (Å²) in [5.41, 5.74) is 3.58. The summed E-state index contributed by atoms with van der Waals surface area (Å²) in [5, 5.41) is 3.10. The van der Waals surface area contributed by atoms with Crippen LogP contribution in [-0.4, -0.2) is 7.05 Å². The molecule has 0 aliphatic heterocycles. The van der Waals surface area contributed by atoms with Gasteiger partial charge in [-0.3, -0.25) is 0 Å². The molecule has 2 rings (SSSR count). The Labute approximate surface area is 121 Å². The van der Waals surface area contributed by atoms with Crippen molar-refractivity contribution in [3.63, 3.8) is 0 Å². The van der Waals surface area contributed by atoms with Crippen molar-refractivity contribution in [2.24, 2.45) is 0 Å². The van der Waals surface area contributed by atoms with Gasteiger partial charge in [-0.1, -0.05) is 26.0 Å². The van der Waals surface area contributed by atoms with E-state index in [1.807, 2.05) is 13.1 Å². The van der Waals surface area contributed by atoms with E-state index in [4.69, 9.17) is 9.15 Å². The van der Waals surface area contributed by atoms with E-state index in [0.29, 0.717) is 12.5 Å². The van der Waals surface area contributed by atoms with Gasteiger partial charge in [0.15, 0.2) is 0 Å². The zero-order valence-corrected chi connectivity index (χ0v) is 12.7. The molecular weight excluding hydrogens is 250 g/mol. The number of nitrogens with one attached hydrogen (secondary N) is 1. The van der Waals surface area contributed by atoms with Gasteiger partial charge in [0.05, 0.1) is 6.26 Å². The first kappa shape index (κ1) is 14.7. The van der Waals surface area contributed by atoms with Gasteiger partial charge in [-0.15, -0.1) is 0 Å². The predicted octanol–water partition coefficient (Wildman–Crippen LogP) is 4.01. The fourth-order valence-corrected chi connectivity index (χ4v) is 2.19. The van der Waals surface area contributed by atoms with Crippen LogP contribution in [0.4, 0.5) is 0 Å². The van der Waals surface area contributed by atoms with Gasteiger partial charge in [-0.25, -0.2) is 0 Å². The minimum absolute atomic E-state index is 0.446. The average Bonchev–Trinajstić information content (AvgIpc) is 2.84. The van der Waals surface area contributed by atoms with Crippen LogP contribution in [0, 0.1) is 6.92 Å². The maximum absolute atomic E-state index is 5.94. The lowest BCUT2D eigenvalue weighted by Gasteiger charge is -2.14. The Morgan fingerprint density at radius 3 is 2.75 bits per heavy atom. The van der Waals surface area contributed by atoms with Gasteiger partial charge in [0.1, 0.15) is 18.1 Å². The van der Waals surface area contributed by atoms with Crippen molar-refractivity contribution in [3.8, 4) is 5.75 Å². The second kappa shape index (κ2) is 6.62. The largest absolute Gasteiger partial charge is 0.485 e. The molecule has 2 aromatic rings. The van der Waals surface area contributed by atoms with E-state index in [1.54, 1.807) is 6.26 Å². The summed E-state index contributed by atoms with van der Waals surface area (Å²) in [6.45, 7) is 7.71. The number of furan rings is 1. The van der Waals surface area contributed by atoms with E-state index in [0.717, 1.165) is 23.6 Å². The van der Waals surface area contributed by atoms with E-state index in [-0.39, 0.29) is 0 Å². The van der Waals surface area contributed by atoms with Crippen LogP contribution in [-0.2, 0) is 13.2 Å². The highest BCUT2D eigenvalue weighted by molar-refractivity contribution is 5.39. The van der Waals surface area contributed by atoms with Gasteiger partial charge >= 0.3 is 0 Å². The van der Waals surface area contributed by atoms with Crippen molar-refractivity contribution in [1.29, 1.82) is 0 Å². The summed E-state index contributed by atoms with van der Waals surface area (Å²) in [7, 11) is 1.92. The third-order valence-corrected chi connectivity index (χ3v) is 3.25. The summed E-state index contributed by atoms with van der Waals surface area (Å²) in [4.78, 5) is 0. The van der Waals surface area contributed by atoms with Crippen molar-refractivity contribution in [3.05, 3.63) is 53.0 Å². The lowest BCUT2D eigenvalue weighted by atomic mass is 10.0. The molecule has 1 N–H and O–H groups in total. The molecule has 0 unspecified atom stereocenters. The van der Waals surface area contributed by atoms with E-state index >= 15 is 0 Å². The molecule has 0 saturated heterocycles. The normalized spacial score (nSPS) is 11.1. The van der Waals surface area contributed by atoms with Crippen molar-refractivity contribution >= 4 is 0 Å². The summed E-state index contributed by atoms with van der Waals surface area (Å²) in [6.07, 6.45) is 1.77. The van der Waals surface area contributed by atoms with Crippen LogP contribution in [0.15, 0.2) is 34.9 Å². The second-order valence-electron chi connectivity index (χ2n) is 5.44. The lowest BCUT2D eigenvalue weighted by molar-refractivity contribution is 0.267. The molecule has 0 radical (unpaired) electrons. The monoisotopic (exact) mass is 273 g/mol. The van der Waals surface area contributed by atoms with E-state index in [1.165, 1.54) is 11.1 Å². The summed E-state index contributed by atoms with van der Waals surface area (Å²) in [6, 6.07) is 8.39. The molecule has 0 saturated carbocycles. The van der Waals surface area contributed by atoms with Gasteiger partial charge in [0.2, 0.25) is 0 Å². The first-order valence-corrected chi connectivity index (χ1v) is 7.04. The molecular formula is C17H23NO2. The van der Waals surface area contributed by atoms with Crippen molar-refractivity contribution in [1.82, 2.24) is 5.32 Å². The highest BCUT2D eigenvalue weighted by Crippen LogP contribution is 2.28. The first-order chi connectivity index (χ1) is 9.60. The van der Waals surface area contributed by atoms with Crippen LogP contribution >= 0.6 is 0 Å². The highest BCUT2D eigenvalue weighted by atomic mass is 16.5. The molecule has 0 fully saturated rings. The van der Waals surface area contributed by atoms with E-state index < -0.39 is 0 Å². The maximum Gasteiger partial charge on any atom is 0.146 e. The highest BCUT2D eigenvalue weighted by Gasteiger charge is 2.09. The van der Waals surface area contributed by atoms with Crippen LogP contribution in [0.1, 0.15) is 42.2 Å². The molecule has 0 aliphatic rings. The third-order valence-electron chi connectivity index (χ3n) is 3.25. The minimum Gasteiger partial charge on any atom is -0.485 e. The minimum atomic E-state index is 0.446. The van der Waals surface area contributed by atoms with Crippen LogP contribution in [0.3, 0.4) is 0 Å².